The summed E-state index contributed by atoms with van der Waals surface area (Å²) in [6.45, 7) is 3.23. The Morgan fingerprint density at radius 2 is 2.05 bits per heavy atom. The number of carboxylic acid groups (broad SMARTS) is 1. The summed E-state index contributed by atoms with van der Waals surface area (Å²) in [6.07, 6.45) is 0. The Kier molecular flexibility index (Phi) is 6.48. The van der Waals surface area contributed by atoms with Crippen molar-refractivity contribution < 1.29 is 24.2 Å². The fraction of sp³-hybridized carbons (Fsp3) is 0.429. The minimum absolute atomic E-state index is 0.0750. The lowest BCUT2D eigenvalue weighted by Gasteiger charge is -2.21. The van der Waals surface area contributed by atoms with Crippen molar-refractivity contribution in [3.05, 3.63) is 23.8 Å². The van der Waals surface area contributed by atoms with E-state index in [1.54, 1.807) is 12.0 Å². The summed E-state index contributed by atoms with van der Waals surface area (Å²) in [7, 11) is 3.01. The van der Waals surface area contributed by atoms with Crippen LogP contribution in [0.25, 0.3) is 0 Å². The fourth-order valence-electron chi connectivity index (χ4n) is 1.74. The van der Waals surface area contributed by atoms with Crippen LogP contribution in [0.2, 0.25) is 0 Å². The predicted molar refractivity (Wildman–Crippen MR) is 78.1 cm³/mol. The summed E-state index contributed by atoms with van der Waals surface area (Å²) in [5.74, 6) is -0.670. The van der Waals surface area contributed by atoms with Gasteiger partial charge in [-0.05, 0) is 25.1 Å². The number of nitrogens with one attached hydrogen (secondary N) is 1. The zero-order valence-corrected chi connectivity index (χ0v) is 12.4. The average Bonchev–Trinajstić information content (AvgIpc) is 2.47. The Morgan fingerprint density at radius 1 is 1.33 bits per heavy atom. The molecule has 0 radical (unpaired) electrons. The molecule has 21 heavy (non-hydrogen) atoms. The van der Waals surface area contributed by atoms with Crippen molar-refractivity contribution in [2.75, 3.05) is 39.2 Å². The first-order valence-electron chi connectivity index (χ1n) is 6.49. The molecular weight excluding hydrogens is 276 g/mol. The normalized spacial score (nSPS) is 10.0. The number of carbonyl (C=O) groups excluding carboxylic acids is 1. The van der Waals surface area contributed by atoms with Crippen LogP contribution >= 0.6 is 0 Å². The molecule has 116 valence electrons. The molecule has 1 rings (SSSR count). The highest BCUT2D eigenvalue weighted by atomic mass is 16.5. The molecule has 0 saturated heterocycles. The van der Waals surface area contributed by atoms with Crippen molar-refractivity contribution in [3.8, 4) is 5.75 Å². The molecule has 0 spiro atoms. The number of methoxy groups -OCH3 is 2. The molecule has 0 atom stereocenters. The topological polar surface area (TPSA) is 88.1 Å². The van der Waals surface area contributed by atoms with Gasteiger partial charge in [-0.15, -0.1) is 0 Å². The number of benzene rings is 1. The number of aromatic carboxylic acids is 1. The van der Waals surface area contributed by atoms with Crippen LogP contribution in [0.5, 0.6) is 5.75 Å². The molecule has 0 aromatic heterocycles. The fourth-order valence-corrected chi connectivity index (χ4v) is 1.74. The van der Waals surface area contributed by atoms with Crippen molar-refractivity contribution in [2.24, 2.45) is 0 Å². The first-order valence-corrected chi connectivity index (χ1v) is 6.49. The van der Waals surface area contributed by atoms with Crippen LogP contribution in [0.15, 0.2) is 18.2 Å². The monoisotopic (exact) mass is 296 g/mol. The van der Waals surface area contributed by atoms with Gasteiger partial charge in [0.15, 0.2) is 0 Å². The molecule has 0 unspecified atom stereocenters. The third-order valence-electron chi connectivity index (χ3n) is 2.92. The van der Waals surface area contributed by atoms with E-state index >= 15 is 0 Å². The van der Waals surface area contributed by atoms with E-state index < -0.39 is 5.97 Å². The van der Waals surface area contributed by atoms with Gasteiger partial charge in [0.05, 0.1) is 25.0 Å². The Labute approximate surface area is 123 Å². The zero-order chi connectivity index (χ0) is 15.8. The Balaban J connectivity index is 2.91. The number of nitrogens with zero attached hydrogens (tertiary/aromatic N) is 1. The van der Waals surface area contributed by atoms with Gasteiger partial charge in [-0.3, -0.25) is 0 Å². The number of rotatable bonds is 7. The Morgan fingerprint density at radius 3 is 2.57 bits per heavy atom. The predicted octanol–water partition coefficient (Wildman–Crippen LogP) is 1.89. The Hall–Kier alpha value is -2.28. The van der Waals surface area contributed by atoms with E-state index in [-0.39, 0.29) is 11.6 Å². The van der Waals surface area contributed by atoms with Crippen LogP contribution < -0.4 is 10.1 Å². The number of ether oxygens (including phenoxy) is 2. The lowest BCUT2D eigenvalue weighted by Crippen LogP contribution is -2.37. The molecule has 2 N–H and O–H groups in total. The molecule has 0 aliphatic rings. The third kappa shape index (κ3) is 4.64. The maximum absolute atomic E-state index is 12.2. The maximum Gasteiger partial charge on any atom is 0.335 e. The highest BCUT2D eigenvalue weighted by Gasteiger charge is 2.15. The van der Waals surface area contributed by atoms with E-state index in [1.807, 2.05) is 6.92 Å². The number of carboxylic acids is 1. The van der Waals surface area contributed by atoms with Crippen LogP contribution in [-0.4, -0.2) is 55.9 Å². The minimum atomic E-state index is -1.07. The first-order chi connectivity index (χ1) is 10.0. The number of amides is 2. The van der Waals surface area contributed by atoms with Crippen LogP contribution in [0.3, 0.4) is 0 Å². The van der Waals surface area contributed by atoms with Crippen molar-refractivity contribution in [1.29, 1.82) is 0 Å². The van der Waals surface area contributed by atoms with Gasteiger partial charge < -0.3 is 24.8 Å². The number of likely N-dealkylation sites (N-methyl/N-ethyl adjacent to an activating group) is 1. The van der Waals surface area contributed by atoms with Crippen LogP contribution in [0, 0.1) is 0 Å². The summed E-state index contributed by atoms with van der Waals surface area (Å²) >= 11 is 0. The number of urea groups is 1. The van der Waals surface area contributed by atoms with E-state index in [0.29, 0.717) is 31.1 Å². The quantitative estimate of drug-likeness (QED) is 0.802. The van der Waals surface area contributed by atoms with Gasteiger partial charge in [0.2, 0.25) is 0 Å². The van der Waals surface area contributed by atoms with Crippen LogP contribution in [-0.2, 0) is 4.74 Å². The minimum Gasteiger partial charge on any atom is -0.495 e. The van der Waals surface area contributed by atoms with Crippen molar-refractivity contribution >= 4 is 17.7 Å². The average molecular weight is 296 g/mol. The molecule has 0 bridgehead atoms. The second-order valence-electron chi connectivity index (χ2n) is 4.22. The standard InChI is InChI=1S/C14H20N2O5/c1-4-16(7-8-20-2)14(19)15-11-9-10(13(17)18)5-6-12(11)21-3/h5-6,9H,4,7-8H2,1-3H3,(H,15,19)(H,17,18). The molecule has 1 aromatic rings. The molecule has 0 aliphatic heterocycles. The van der Waals surface area contributed by atoms with Gasteiger partial charge in [-0.25, -0.2) is 9.59 Å². The number of anilines is 1. The van der Waals surface area contributed by atoms with E-state index in [2.05, 4.69) is 5.32 Å². The lowest BCUT2D eigenvalue weighted by atomic mass is 10.2. The maximum atomic E-state index is 12.2. The summed E-state index contributed by atoms with van der Waals surface area (Å²) < 4.78 is 10.1. The molecule has 0 fully saturated rings. The van der Waals surface area contributed by atoms with Crippen molar-refractivity contribution in [3.63, 3.8) is 0 Å². The third-order valence-corrected chi connectivity index (χ3v) is 2.92. The second-order valence-corrected chi connectivity index (χ2v) is 4.22. The van der Waals surface area contributed by atoms with E-state index in [9.17, 15) is 9.59 Å². The highest BCUT2D eigenvalue weighted by molar-refractivity contribution is 5.94. The summed E-state index contributed by atoms with van der Waals surface area (Å²) in [5.41, 5.74) is 0.393. The summed E-state index contributed by atoms with van der Waals surface area (Å²) in [6, 6.07) is 3.95. The molecule has 1 aromatic carbocycles. The van der Waals surface area contributed by atoms with Gasteiger partial charge in [0, 0.05) is 20.2 Å². The molecule has 7 nitrogen and oxygen atoms in total. The number of hydrogen-bond donors (Lipinski definition) is 2. The second kappa shape index (κ2) is 8.11. The molecule has 0 saturated carbocycles. The SMILES string of the molecule is CCN(CCOC)C(=O)Nc1cc(C(=O)O)ccc1OC. The molecule has 2 amide bonds. The van der Waals surface area contributed by atoms with Gasteiger partial charge in [-0.2, -0.15) is 0 Å². The zero-order valence-electron chi connectivity index (χ0n) is 12.4. The number of carbonyl (C=O) groups is 2. The lowest BCUT2D eigenvalue weighted by molar-refractivity contribution is 0.0697. The van der Waals surface area contributed by atoms with Crippen molar-refractivity contribution in [1.82, 2.24) is 4.90 Å². The van der Waals surface area contributed by atoms with E-state index in [4.69, 9.17) is 14.6 Å². The number of hydrogen-bond acceptors (Lipinski definition) is 4. The van der Waals surface area contributed by atoms with Crippen molar-refractivity contribution in [2.45, 2.75) is 6.92 Å². The largest absolute Gasteiger partial charge is 0.495 e. The Bertz CT molecular complexity index is 504. The van der Waals surface area contributed by atoms with Gasteiger partial charge in [0.25, 0.3) is 0 Å². The first kappa shape index (κ1) is 16.8. The smallest absolute Gasteiger partial charge is 0.335 e. The molecular formula is C14H20N2O5. The molecule has 7 heteroatoms. The van der Waals surface area contributed by atoms with Crippen LogP contribution in [0.1, 0.15) is 17.3 Å². The van der Waals surface area contributed by atoms with Gasteiger partial charge in [-0.1, -0.05) is 0 Å². The summed E-state index contributed by atoms with van der Waals surface area (Å²) in [4.78, 5) is 24.7. The van der Waals surface area contributed by atoms with Crippen LogP contribution in [0.4, 0.5) is 10.5 Å². The molecule has 0 heterocycles. The van der Waals surface area contributed by atoms with E-state index in [0.717, 1.165) is 0 Å². The van der Waals surface area contributed by atoms with E-state index in [1.165, 1.54) is 25.3 Å². The molecule has 0 aliphatic carbocycles. The summed E-state index contributed by atoms with van der Waals surface area (Å²) in [5, 5.41) is 11.7. The van der Waals surface area contributed by atoms with Gasteiger partial charge in [0.1, 0.15) is 5.75 Å². The van der Waals surface area contributed by atoms with Gasteiger partial charge >= 0.3 is 12.0 Å². The highest BCUT2D eigenvalue weighted by Crippen LogP contribution is 2.25.